The fourth-order valence-corrected chi connectivity index (χ4v) is 2.96. The molecule has 1 N–H and O–H groups in total. The van der Waals surface area contributed by atoms with Crippen molar-refractivity contribution >= 4 is 38.2 Å². The molecule has 3 nitrogen and oxygen atoms in total. The maximum Gasteiger partial charge on any atom is 0.181 e. The summed E-state index contributed by atoms with van der Waals surface area (Å²) in [5.74, 6) is 0.741. The number of benzene rings is 3. The van der Waals surface area contributed by atoms with E-state index in [0.29, 0.717) is 11.3 Å². The Kier molecular flexibility index (Phi) is 4.63. The van der Waals surface area contributed by atoms with Crippen LogP contribution in [0.1, 0.15) is 10.4 Å². The van der Waals surface area contributed by atoms with Gasteiger partial charge in [-0.25, -0.2) is 0 Å². The molecule has 0 aliphatic carbocycles. The summed E-state index contributed by atoms with van der Waals surface area (Å²) in [6, 6.07) is 19.6. The Bertz CT molecular complexity index is 861. The smallest absolute Gasteiger partial charge is 0.181 e. The molecule has 0 fully saturated rings. The molecule has 0 aliphatic rings. The van der Waals surface area contributed by atoms with Gasteiger partial charge in [0.05, 0.1) is 18.1 Å². The lowest BCUT2D eigenvalue weighted by atomic mass is 10.1. The number of Topliss-reactive ketones (excluding diaryl/α,β-unsaturated/α-hetero) is 1. The van der Waals surface area contributed by atoms with E-state index in [1.165, 1.54) is 5.39 Å². The first-order valence-electron chi connectivity index (χ1n) is 7.27. The molecule has 0 radical (unpaired) electrons. The van der Waals surface area contributed by atoms with Crippen LogP contribution < -0.4 is 10.1 Å². The zero-order valence-corrected chi connectivity index (χ0v) is 14.3. The molecule has 0 heterocycles. The van der Waals surface area contributed by atoms with Crippen LogP contribution in [-0.4, -0.2) is 19.4 Å². The highest BCUT2D eigenvalue weighted by Crippen LogP contribution is 2.26. The van der Waals surface area contributed by atoms with Crippen molar-refractivity contribution in [3.63, 3.8) is 0 Å². The van der Waals surface area contributed by atoms with Gasteiger partial charge in [0.25, 0.3) is 0 Å². The number of ether oxygens (including phenoxy) is 1. The summed E-state index contributed by atoms with van der Waals surface area (Å²) < 4.78 is 5.95. The monoisotopic (exact) mass is 369 g/mol. The molecule has 3 aromatic rings. The van der Waals surface area contributed by atoms with Crippen molar-refractivity contribution in [2.45, 2.75) is 0 Å². The van der Waals surface area contributed by atoms with Gasteiger partial charge < -0.3 is 10.1 Å². The lowest BCUT2D eigenvalue weighted by Gasteiger charge is -2.09. The Labute approximate surface area is 143 Å². The van der Waals surface area contributed by atoms with Crippen LogP contribution in [-0.2, 0) is 0 Å². The van der Waals surface area contributed by atoms with Crippen LogP contribution in [0.15, 0.2) is 65.1 Å². The van der Waals surface area contributed by atoms with E-state index in [2.05, 4.69) is 33.4 Å². The second-order valence-corrected chi connectivity index (χ2v) is 6.04. The van der Waals surface area contributed by atoms with Crippen LogP contribution in [0.4, 0.5) is 5.69 Å². The second-order valence-electron chi connectivity index (χ2n) is 5.19. The molecule has 116 valence electrons. The first-order chi connectivity index (χ1) is 11.2. The van der Waals surface area contributed by atoms with Crippen LogP contribution in [0, 0.1) is 0 Å². The second kappa shape index (κ2) is 6.84. The summed E-state index contributed by atoms with van der Waals surface area (Å²) in [6.45, 7) is 0.247. The number of carbonyl (C=O) groups excluding carboxylic acids is 1. The molecule has 0 spiro atoms. The molecule has 0 aliphatic heterocycles. The quantitative estimate of drug-likeness (QED) is 0.649. The van der Waals surface area contributed by atoms with Crippen LogP contribution in [0.2, 0.25) is 0 Å². The van der Waals surface area contributed by atoms with Crippen molar-refractivity contribution in [3.05, 3.63) is 70.7 Å². The minimum Gasteiger partial charge on any atom is -0.496 e. The minimum atomic E-state index is 0.0292. The summed E-state index contributed by atoms with van der Waals surface area (Å²) in [7, 11) is 1.60. The van der Waals surface area contributed by atoms with Gasteiger partial charge in [-0.15, -0.1) is 0 Å². The van der Waals surface area contributed by atoms with Crippen molar-refractivity contribution in [1.29, 1.82) is 0 Å². The van der Waals surface area contributed by atoms with Crippen molar-refractivity contribution in [3.8, 4) is 5.75 Å². The number of methoxy groups -OCH3 is 1. The average molecular weight is 370 g/mol. The lowest BCUT2D eigenvalue weighted by Crippen LogP contribution is -2.14. The number of carbonyl (C=O) groups is 1. The number of hydrogen-bond acceptors (Lipinski definition) is 3. The van der Waals surface area contributed by atoms with Gasteiger partial charge in [-0.05, 0) is 57.0 Å². The Morgan fingerprint density at radius 2 is 1.83 bits per heavy atom. The predicted octanol–water partition coefficient (Wildman–Crippen LogP) is 4.91. The van der Waals surface area contributed by atoms with Gasteiger partial charge in [-0.3, -0.25) is 4.79 Å². The molecule has 0 amide bonds. The summed E-state index contributed by atoms with van der Waals surface area (Å²) in [6.07, 6.45) is 0. The van der Waals surface area contributed by atoms with E-state index < -0.39 is 0 Å². The van der Waals surface area contributed by atoms with Crippen LogP contribution >= 0.6 is 15.9 Å². The number of halogens is 1. The summed E-state index contributed by atoms with van der Waals surface area (Å²) >= 11 is 3.40. The Hall–Kier alpha value is -2.33. The Morgan fingerprint density at radius 3 is 2.57 bits per heavy atom. The zero-order chi connectivity index (χ0) is 16.2. The molecule has 4 heteroatoms. The zero-order valence-electron chi connectivity index (χ0n) is 12.7. The maximum atomic E-state index is 12.3. The van der Waals surface area contributed by atoms with E-state index in [0.717, 1.165) is 15.5 Å². The summed E-state index contributed by atoms with van der Waals surface area (Å²) in [5.41, 5.74) is 1.58. The molecule has 0 saturated heterocycles. The SMILES string of the molecule is COc1ccc(C(=O)CNc2ccc3ccccc3c2)cc1Br. The minimum absolute atomic E-state index is 0.0292. The molecule has 0 unspecified atom stereocenters. The van der Waals surface area contributed by atoms with Gasteiger partial charge in [0, 0.05) is 11.3 Å². The maximum absolute atomic E-state index is 12.3. The first-order valence-corrected chi connectivity index (χ1v) is 8.06. The number of fused-ring (bicyclic) bond motifs is 1. The number of nitrogens with one attached hydrogen (secondary N) is 1. The third-order valence-corrected chi connectivity index (χ3v) is 4.30. The topological polar surface area (TPSA) is 38.3 Å². The van der Waals surface area contributed by atoms with Gasteiger partial charge in [-0.1, -0.05) is 30.3 Å². The fourth-order valence-electron chi connectivity index (χ4n) is 2.42. The molecule has 3 rings (SSSR count). The molecule has 0 bridgehead atoms. The van der Waals surface area contributed by atoms with Crippen LogP contribution in [0.5, 0.6) is 5.75 Å². The number of rotatable bonds is 5. The average Bonchev–Trinajstić information content (AvgIpc) is 2.59. The molecule has 3 aromatic carbocycles. The van der Waals surface area contributed by atoms with Gasteiger partial charge in [0.1, 0.15) is 5.75 Å². The highest BCUT2D eigenvalue weighted by molar-refractivity contribution is 9.10. The summed E-state index contributed by atoms with van der Waals surface area (Å²) in [4.78, 5) is 12.3. The lowest BCUT2D eigenvalue weighted by molar-refractivity contribution is 0.101. The van der Waals surface area contributed by atoms with Crippen LogP contribution in [0.25, 0.3) is 10.8 Å². The van der Waals surface area contributed by atoms with Gasteiger partial charge >= 0.3 is 0 Å². The summed E-state index contributed by atoms with van der Waals surface area (Å²) in [5, 5.41) is 5.52. The van der Waals surface area contributed by atoms with E-state index >= 15 is 0 Å². The van der Waals surface area contributed by atoms with Gasteiger partial charge in [-0.2, -0.15) is 0 Å². The van der Waals surface area contributed by atoms with Crippen LogP contribution in [0.3, 0.4) is 0 Å². The van der Waals surface area contributed by atoms with E-state index in [4.69, 9.17) is 4.74 Å². The highest BCUT2D eigenvalue weighted by atomic mass is 79.9. The number of anilines is 1. The number of ketones is 1. The van der Waals surface area contributed by atoms with Crippen molar-refractivity contribution in [2.24, 2.45) is 0 Å². The van der Waals surface area contributed by atoms with Crippen molar-refractivity contribution in [1.82, 2.24) is 0 Å². The third kappa shape index (κ3) is 3.54. The van der Waals surface area contributed by atoms with E-state index in [-0.39, 0.29) is 12.3 Å². The predicted molar refractivity (Wildman–Crippen MR) is 97.5 cm³/mol. The van der Waals surface area contributed by atoms with Gasteiger partial charge in [0.15, 0.2) is 5.78 Å². The Balaban J connectivity index is 1.71. The molecular weight excluding hydrogens is 354 g/mol. The first kappa shape index (κ1) is 15.6. The normalized spacial score (nSPS) is 10.5. The number of hydrogen-bond donors (Lipinski definition) is 1. The van der Waals surface area contributed by atoms with Crippen molar-refractivity contribution in [2.75, 3.05) is 19.0 Å². The molecule has 23 heavy (non-hydrogen) atoms. The third-order valence-electron chi connectivity index (χ3n) is 3.68. The van der Waals surface area contributed by atoms with E-state index in [1.807, 2.05) is 30.3 Å². The van der Waals surface area contributed by atoms with Gasteiger partial charge in [0.2, 0.25) is 0 Å². The van der Waals surface area contributed by atoms with E-state index in [9.17, 15) is 4.79 Å². The van der Waals surface area contributed by atoms with Crippen molar-refractivity contribution < 1.29 is 9.53 Å². The molecule has 0 saturated carbocycles. The largest absolute Gasteiger partial charge is 0.496 e. The molecule has 0 aromatic heterocycles. The molecule has 0 atom stereocenters. The fraction of sp³-hybridized carbons (Fsp3) is 0.105. The Morgan fingerprint density at radius 1 is 1.04 bits per heavy atom. The van der Waals surface area contributed by atoms with E-state index in [1.54, 1.807) is 25.3 Å². The molecular formula is C19H16BrNO2. The standard InChI is InChI=1S/C19H16BrNO2/c1-23-19-9-7-15(11-17(19)20)18(22)12-21-16-8-6-13-4-2-3-5-14(13)10-16/h2-11,21H,12H2,1H3. The highest BCUT2D eigenvalue weighted by Gasteiger charge is 2.09.